The molecule has 0 N–H and O–H groups in total. The number of nitrogens with zero attached hydrogens (tertiary/aromatic N) is 3. The van der Waals surface area contributed by atoms with Crippen molar-refractivity contribution in [2.45, 2.75) is 26.3 Å². The van der Waals surface area contributed by atoms with Crippen molar-refractivity contribution in [2.75, 3.05) is 0 Å². The highest BCUT2D eigenvalue weighted by molar-refractivity contribution is 5.54. The molecule has 0 aliphatic rings. The molecule has 0 bridgehead atoms. The maximum atomic E-state index is 10.4. The van der Waals surface area contributed by atoms with Crippen LogP contribution in [0.2, 0.25) is 0 Å². The minimum atomic E-state index is -0.448. The van der Waals surface area contributed by atoms with Crippen molar-refractivity contribution in [1.82, 2.24) is 0 Å². The molecular formula is C11H13N3O2. The summed E-state index contributed by atoms with van der Waals surface area (Å²) < 4.78 is 0. The number of hydrogen-bond acceptors (Lipinski definition) is 4. The van der Waals surface area contributed by atoms with Gasteiger partial charge in [-0.25, -0.2) is 4.99 Å². The molecule has 84 valence electrons. The summed E-state index contributed by atoms with van der Waals surface area (Å²) in [5.41, 5.74) is 0.426. The summed E-state index contributed by atoms with van der Waals surface area (Å²) in [7, 11) is 0. The molecule has 5 heteroatoms. The highest BCUT2D eigenvalue weighted by Crippen LogP contribution is 2.17. The third-order valence-corrected chi connectivity index (χ3v) is 1.63. The minimum absolute atomic E-state index is 0.0479. The van der Waals surface area contributed by atoms with Gasteiger partial charge in [-0.15, -0.1) is 0 Å². The van der Waals surface area contributed by atoms with Crippen molar-refractivity contribution < 1.29 is 4.92 Å². The van der Waals surface area contributed by atoms with E-state index in [0.29, 0.717) is 5.69 Å². The summed E-state index contributed by atoms with van der Waals surface area (Å²) in [5, 5.41) is 10.4. The number of rotatable bonds is 2. The van der Waals surface area contributed by atoms with Crippen LogP contribution in [0.15, 0.2) is 34.3 Å². The van der Waals surface area contributed by atoms with Crippen LogP contribution in [-0.4, -0.2) is 16.5 Å². The van der Waals surface area contributed by atoms with E-state index in [0.717, 1.165) is 0 Å². The van der Waals surface area contributed by atoms with Crippen molar-refractivity contribution in [3.63, 3.8) is 0 Å². The molecule has 0 aliphatic carbocycles. The topological polar surface area (TPSA) is 67.9 Å². The Morgan fingerprint density at radius 2 is 1.81 bits per heavy atom. The highest BCUT2D eigenvalue weighted by Gasteiger charge is 2.05. The zero-order chi connectivity index (χ0) is 12.2. The summed E-state index contributed by atoms with van der Waals surface area (Å²) in [6, 6.07) is 8.49. The van der Waals surface area contributed by atoms with E-state index in [2.05, 4.69) is 16.0 Å². The van der Waals surface area contributed by atoms with Gasteiger partial charge in [-0.2, -0.15) is 4.99 Å². The molecule has 5 nitrogen and oxygen atoms in total. The lowest BCUT2D eigenvalue weighted by Crippen LogP contribution is -2.07. The van der Waals surface area contributed by atoms with Gasteiger partial charge >= 0.3 is 0 Å². The Morgan fingerprint density at radius 3 is 2.25 bits per heavy atom. The lowest BCUT2D eigenvalue weighted by molar-refractivity contribution is -0.384. The summed E-state index contributed by atoms with van der Waals surface area (Å²) >= 11 is 0. The van der Waals surface area contributed by atoms with Gasteiger partial charge in [0.05, 0.1) is 22.2 Å². The third kappa shape index (κ3) is 4.02. The molecule has 0 amide bonds. The molecule has 0 fully saturated rings. The standard InChI is InChI=1S/C11H13N3O2/c1-11(2,3)13-8-12-9-4-6-10(7-5-9)14(15)16/h4-7H,1-3H3. The Hall–Kier alpha value is -2.00. The molecule has 0 atom stereocenters. The lowest BCUT2D eigenvalue weighted by atomic mass is 10.1. The zero-order valence-electron chi connectivity index (χ0n) is 9.47. The summed E-state index contributed by atoms with van der Waals surface area (Å²) in [4.78, 5) is 18.0. The Balaban J connectivity index is 2.84. The van der Waals surface area contributed by atoms with E-state index >= 15 is 0 Å². The molecule has 1 aromatic carbocycles. The normalized spacial score (nSPS) is 10.4. The third-order valence-electron chi connectivity index (χ3n) is 1.63. The largest absolute Gasteiger partial charge is 0.269 e. The Morgan fingerprint density at radius 1 is 1.25 bits per heavy atom. The molecule has 0 aromatic heterocycles. The van der Waals surface area contributed by atoms with Crippen LogP contribution in [0.25, 0.3) is 0 Å². The molecule has 1 rings (SSSR count). The van der Waals surface area contributed by atoms with Crippen molar-refractivity contribution >= 4 is 17.4 Å². The molecular weight excluding hydrogens is 206 g/mol. The number of hydrogen-bond donors (Lipinski definition) is 0. The first kappa shape index (κ1) is 12.1. The van der Waals surface area contributed by atoms with Gasteiger partial charge in [0.1, 0.15) is 0 Å². The van der Waals surface area contributed by atoms with Gasteiger partial charge in [-0.05, 0) is 32.9 Å². The molecule has 0 aliphatic heterocycles. The Kier molecular flexibility index (Phi) is 3.53. The van der Waals surface area contributed by atoms with Gasteiger partial charge in [0, 0.05) is 12.1 Å². The van der Waals surface area contributed by atoms with Crippen LogP contribution in [0.1, 0.15) is 20.8 Å². The van der Waals surface area contributed by atoms with Crippen LogP contribution in [0.4, 0.5) is 11.4 Å². The number of nitro groups is 1. The van der Waals surface area contributed by atoms with E-state index in [4.69, 9.17) is 0 Å². The van der Waals surface area contributed by atoms with Crippen LogP contribution in [0.5, 0.6) is 0 Å². The maximum Gasteiger partial charge on any atom is 0.269 e. The van der Waals surface area contributed by atoms with E-state index in [1.165, 1.54) is 12.1 Å². The van der Waals surface area contributed by atoms with E-state index in [-0.39, 0.29) is 11.2 Å². The first-order chi connectivity index (χ1) is 7.38. The fraction of sp³-hybridized carbons (Fsp3) is 0.364. The molecule has 0 saturated heterocycles. The van der Waals surface area contributed by atoms with Gasteiger partial charge in [0.2, 0.25) is 0 Å². The lowest BCUT2D eigenvalue weighted by Gasteiger charge is -2.06. The van der Waals surface area contributed by atoms with Crippen LogP contribution in [0.3, 0.4) is 0 Å². The molecule has 1 aromatic rings. The average Bonchev–Trinajstić information content (AvgIpc) is 2.16. The SMILES string of the molecule is CC(C)(C)N=C=Nc1ccc([N+](=O)[O-])cc1. The predicted octanol–water partition coefficient (Wildman–Crippen LogP) is 3.20. The van der Waals surface area contributed by atoms with E-state index in [1.54, 1.807) is 12.1 Å². The van der Waals surface area contributed by atoms with Gasteiger partial charge in [-0.3, -0.25) is 10.1 Å². The Bertz CT molecular complexity index is 437. The molecule has 16 heavy (non-hydrogen) atoms. The van der Waals surface area contributed by atoms with Crippen molar-refractivity contribution in [2.24, 2.45) is 9.98 Å². The van der Waals surface area contributed by atoms with Gasteiger partial charge in [-0.1, -0.05) is 0 Å². The average molecular weight is 219 g/mol. The first-order valence-corrected chi connectivity index (χ1v) is 4.80. The highest BCUT2D eigenvalue weighted by atomic mass is 16.6. The van der Waals surface area contributed by atoms with Crippen LogP contribution in [-0.2, 0) is 0 Å². The fourth-order valence-corrected chi connectivity index (χ4v) is 0.882. The monoisotopic (exact) mass is 219 g/mol. The zero-order valence-corrected chi connectivity index (χ0v) is 9.47. The predicted molar refractivity (Wildman–Crippen MR) is 62.4 cm³/mol. The summed E-state index contributed by atoms with van der Waals surface area (Å²) in [6.07, 6.45) is 0. The number of benzene rings is 1. The first-order valence-electron chi connectivity index (χ1n) is 4.80. The van der Waals surface area contributed by atoms with Crippen molar-refractivity contribution in [3.05, 3.63) is 34.4 Å². The second-order valence-electron chi connectivity index (χ2n) is 4.27. The quantitative estimate of drug-likeness (QED) is 0.435. The van der Waals surface area contributed by atoms with Crippen LogP contribution in [0, 0.1) is 10.1 Å². The molecule has 0 saturated carbocycles. The maximum absolute atomic E-state index is 10.4. The van der Waals surface area contributed by atoms with Gasteiger partial charge in [0.25, 0.3) is 5.69 Å². The van der Waals surface area contributed by atoms with Crippen molar-refractivity contribution in [1.29, 1.82) is 0 Å². The minimum Gasteiger partial charge on any atom is -0.258 e. The second-order valence-corrected chi connectivity index (χ2v) is 4.27. The Labute approximate surface area is 93.7 Å². The number of aliphatic imine (C=N–C) groups is 2. The van der Waals surface area contributed by atoms with E-state index < -0.39 is 4.92 Å². The smallest absolute Gasteiger partial charge is 0.258 e. The van der Waals surface area contributed by atoms with Crippen LogP contribution < -0.4 is 0 Å². The number of nitro benzene ring substituents is 1. The second kappa shape index (κ2) is 4.68. The van der Waals surface area contributed by atoms with Crippen LogP contribution >= 0.6 is 0 Å². The van der Waals surface area contributed by atoms with E-state index in [1.807, 2.05) is 20.8 Å². The molecule has 0 heterocycles. The van der Waals surface area contributed by atoms with E-state index in [9.17, 15) is 10.1 Å². The number of non-ortho nitro benzene ring substituents is 1. The van der Waals surface area contributed by atoms with Gasteiger partial charge in [0.15, 0.2) is 0 Å². The van der Waals surface area contributed by atoms with Gasteiger partial charge < -0.3 is 0 Å². The fourth-order valence-electron chi connectivity index (χ4n) is 0.882. The van der Waals surface area contributed by atoms with Crippen molar-refractivity contribution in [3.8, 4) is 0 Å². The molecule has 0 unspecified atom stereocenters. The summed E-state index contributed by atoms with van der Waals surface area (Å²) in [6.45, 7) is 5.81. The summed E-state index contributed by atoms with van der Waals surface area (Å²) in [5.74, 6) is 0. The molecule has 0 spiro atoms. The molecule has 0 radical (unpaired) electrons.